The molecule has 6 nitrogen and oxygen atoms in total. The Labute approximate surface area is 141 Å². The van der Waals surface area contributed by atoms with Gasteiger partial charge < -0.3 is 10.5 Å². The van der Waals surface area contributed by atoms with Crippen LogP contribution in [-0.2, 0) is 4.79 Å². The van der Waals surface area contributed by atoms with Gasteiger partial charge in [0.05, 0.1) is 11.8 Å². The summed E-state index contributed by atoms with van der Waals surface area (Å²) in [5.74, 6) is -0.807. The fourth-order valence-corrected chi connectivity index (χ4v) is 1.96. The fraction of sp³-hybridized carbons (Fsp3) is 0.0625. The van der Waals surface area contributed by atoms with Crippen molar-refractivity contribution in [3.63, 3.8) is 0 Å². The molecule has 23 heavy (non-hydrogen) atoms. The van der Waals surface area contributed by atoms with E-state index in [1.807, 2.05) is 24.3 Å². The van der Waals surface area contributed by atoms with E-state index in [0.717, 1.165) is 10.0 Å². The van der Waals surface area contributed by atoms with Gasteiger partial charge in [0.15, 0.2) is 6.61 Å². The molecule has 0 unspecified atom stereocenters. The molecule has 118 valence electrons. The molecule has 2 amide bonds. The molecule has 0 spiro atoms. The molecule has 0 atom stereocenters. The molecule has 0 aromatic heterocycles. The number of carbonyl (C=O) groups excluding carboxylic acids is 2. The molecule has 3 N–H and O–H groups in total. The van der Waals surface area contributed by atoms with Crippen LogP contribution >= 0.6 is 15.9 Å². The first-order valence-electron chi connectivity index (χ1n) is 6.65. The second-order valence-corrected chi connectivity index (χ2v) is 5.41. The van der Waals surface area contributed by atoms with Gasteiger partial charge in [-0.15, -0.1) is 0 Å². The molecule has 0 aliphatic carbocycles. The number of ether oxygens (including phenoxy) is 1. The average Bonchev–Trinajstić information content (AvgIpc) is 2.55. The summed E-state index contributed by atoms with van der Waals surface area (Å²) in [4.78, 5) is 22.9. The maximum absolute atomic E-state index is 11.7. The van der Waals surface area contributed by atoms with Crippen LogP contribution in [-0.4, -0.2) is 24.6 Å². The van der Waals surface area contributed by atoms with Crippen LogP contribution < -0.4 is 15.9 Å². The first-order valence-corrected chi connectivity index (χ1v) is 7.44. The number of amides is 2. The molecule has 0 saturated heterocycles. The monoisotopic (exact) mass is 375 g/mol. The van der Waals surface area contributed by atoms with Crippen molar-refractivity contribution in [1.82, 2.24) is 5.43 Å². The summed E-state index contributed by atoms with van der Waals surface area (Å²) in [5.41, 5.74) is 8.63. The van der Waals surface area contributed by atoms with E-state index in [0.29, 0.717) is 0 Å². The van der Waals surface area contributed by atoms with Crippen molar-refractivity contribution >= 4 is 34.0 Å². The predicted octanol–water partition coefficient (Wildman–Crippen LogP) is 2.08. The third kappa shape index (κ3) is 5.23. The SMILES string of the molecule is NC(=O)c1ccccc1OCC(=O)N/N=C\c1ccc(Br)cc1. The highest BCUT2D eigenvalue weighted by Crippen LogP contribution is 2.16. The smallest absolute Gasteiger partial charge is 0.277 e. The molecule has 2 aromatic rings. The number of hydrazone groups is 1. The van der Waals surface area contributed by atoms with Crippen molar-refractivity contribution in [2.45, 2.75) is 0 Å². The van der Waals surface area contributed by atoms with Gasteiger partial charge in [-0.3, -0.25) is 9.59 Å². The number of primary amides is 1. The number of nitrogens with one attached hydrogen (secondary N) is 1. The summed E-state index contributed by atoms with van der Waals surface area (Å²) in [6.45, 7) is -0.276. The number of hydrogen-bond acceptors (Lipinski definition) is 4. The number of hydrogen-bond donors (Lipinski definition) is 2. The average molecular weight is 376 g/mol. The molecule has 0 radical (unpaired) electrons. The third-order valence-electron chi connectivity index (χ3n) is 2.78. The van der Waals surface area contributed by atoms with E-state index < -0.39 is 11.8 Å². The van der Waals surface area contributed by atoms with Crippen molar-refractivity contribution < 1.29 is 14.3 Å². The lowest BCUT2D eigenvalue weighted by molar-refractivity contribution is -0.123. The van der Waals surface area contributed by atoms with Crippen LogP contribution in [0.2, 0.25) is 0 Å². The molecule has 0 heterocycles. The van der Waals surface area contributed by atoms with Gasteiger partial charge in [-0.05, 0) is 29.8 Å². The normalized spacial score (nSPS) is 10.5. The van der Waals surface area contributed by atoms with E-state index in [-0.39, 0.29) is 17.9 Å². The molecule has 2 aromatic carbocycles. The quantitative estimate of drug-likeness (QED) is 0.597. The number of halogens is 1. The Kier molecular flexibility index (Phi) is 5.87. The lowest BCUT2D eigenvalue weighted by Crippen LogP contribution is -2.25. The van der Waals surface area contributed by atoms with Crippen molar-refractivity contribution in [2.24, 2.45) is 10.8 Å². The molecule has 0 aliphatic rings. The first kappa shape index (κ1) is 16.7. The Bertz CT molecular complexity index is 730. The highest BCUT2D eigenvalue weighted by molar-refractivity contribution is 9.10. The molecule has 0 bridgehead atoms. The zero-order chi connectivity index (χ0) is 16.7. The van der Waals surface area contributed by atoms with Crippen LogP contribution in [0.3, 0.4) is 0 Å². The van der Waals surface area contributed by atoms with Crippen LogP contribution in [0.15, 0.2) is 58.1 Å². The Balaban J connectivity index is 1.86. The second-order valence-electron chi connectivity index (χ2n) is 4.49. The molecule has 0 fully saturated rings. The van der Waals surface area contributed by atoms with Crippen LogP contribution in [0, 0.1) is 0 Å². The summed E-state index contributed by atoms with van der Waals surface area (Å²) in [6.07, 6.45) is 1.52. The Morgan fingerprint density at radius 3 is 2.57 bits per heavy atom. The third-order valence-corrected chi connectivity index (χ3v) is 3.31. The topological polar surface area (TPSA) is 93.8 Å². The van der Waals surface area contributed by atoms with E-state index in [9.17, 15) is 9.59 Å². The van der Waals surface area contributed by atoms with Crippen molar-refractivity contribution in [3.05, 3.63) is 64.1 Å². The predicted molar refractivity (Wildman–Crippen MR) is 90.3 cm³/mol. The standard InChI is InChI=1S/C16H14BrN3O3/c17-12-7-5-11(6-8-12)9-19-20-15(21)10-23-14-4-2-1-3-13(14)16(18)22/h1-9H,10H2,(H2,18,22)(H,20,21)/b19-9-. The molecule has 0 aliphatic heterocycles. The Morgan fingerprint density at radius 2 is 1.87 bits per heavy atom. The fourth-order valence-electron chi connectivity index (χ4n) is 1.70. The highest BCUT2D eigenvalue weighted by Gasteiger charge is 2.09. The maximum atomic E-state index is 11.7. The van der Waals surface area contributed by atoms with E-state index >= 15 is 0 Å². The minimum atomic E-state index is -0.616. The van der Waals surface area contributed by atoms with E-state index in [4.69, 9.17) is 10.5 Å². The van der Waals surface area contributed by atoms with Crippen molar-refractivity contribution in [2.75, 3.05) is 6.61 Å². The minimum Gasteiger partial charge on any atom is -0.483 e. The molecule has 2 rings (SSSR count). The summed E-state index contributed by atoms with van der Waals surface area (Å²) in [7, 11) is 0. The molecular formula is C16H14BrN3O3. The van der Waals surface area contributed by atoms with Gasteiger partial charge in [-0.25, -0.2) is 5.43 Å². The zero-order valence-electron chi connectivity index (χ0n) is 12.0. The zero-order valence-corrected chi connectivity index (χ0v) is 13.6. The minimum absolute atomic E-state index is 0.221. The number of carbonyl (C=O) groups is 2. The van der Waals surface area contributed by atoms with Crippen LogP contribution in [0.1, 0.15) is 15.9 Å². The van der Waals surface area contributed by atoms with E-state index in [2.05, 4.69) is 26.5 Å². The van der Waals surface area contributed by atoms with Gasteiger partial charge in [-0.2, -0.15) is 5.10 Å². The van der Waals surface area contributed by atoms with Crippen LogP contribution in [0.4, 0.5) is 0 Å². The molecular weight excluding hydrogens is 362 g/mol. The Hall–Kier alpha value is -2.67. The number of para-hydroxylation sites is 1. The second kappa shape index (κ2) is 8.09. The Morgan fingerprint density at radius 1 is 1.17 bits per heavy atom. The highest BCUT2D eigenvalue weighted by atomic mass is 79.9. The summed E-state index contributed by atoms with van der Waals surface area (Å²) in [5, 5.41) is 3.83. The number of benzene rings is 2. The van der Waals surface area contributed by atoms with Crippen molar-refractivity contribution in [3.8, 4) is 5.75 Å². The van der Waals surface area contributed by atoms with Gasteiger partial charge in [0.25, 0.3) is 11.8 Å². The molecule has 0 saturated carbocycles. The van der Waals surface area contributed by atoms with Crippen LogP contribution in [0.25, 0.3) is 0 Å². The van der Waals surface area contributed by atoms with Gasteiger partial charge in [0.2, 0.25) is 0 Å². The van der Waals surface area contributed by atoms with E-state index in [1.165, 1.54) is 12.3 Å². The summed E-state index contributed by atoms with van der Waals surface area (Å²) in [6, 6.07) is 13.9. The van der Waals surface area contributed by atoms with Gasteiger partial charge in [-0.1, -0.05) is 40.2 Å². The number of nitrogens with two attached hydrogens (primary N) is 1. The van der Waals surface area contributed by atoms with E-state index in [1.54, 1.807) is 18.2 Å². The number of rotatable bonds is 6. The first-order chi connectivity index (χ1) is 11.1. The van der Waals surface area contributed by atoms with Crippen LogP contribution in [0.5, 0.6) is 5.75 Å². The van der Waals surface area contributed by atoms with Gasteiger partial charge >= 0.3 is 0 Å². The summed E-state index contributed by atoms with van der Waals surface area (Å²) < 4.78 is 6.24. The largest absolute Gasteiger partial charge is 0.483 e. The maximum Gasteiger partial charge on any atom is 0.277 e. The summed E-state index contributed by atoms with van der Waals surface area (Å²) >= 11 is 3.33. The van der Waals surface area contributed by atoms with Crippen molar-refractivity contribution in [1.29, 1.82) is 0 Å². The lowest BCUT2D eigenvalue weighted by atomic mass is 10.2. The van der Waals surface area contributed by atoms with Gasteiger partial charge in [0.1, 0.15) is 5.75 Å². The van der Waals surface area contributed by atoms with Gasteiger partial charge in [0, 0.05) is 4.47 Å². The number of nitrogens with zero attached hydrogens (tertiary/aromatic N) is 1. The molecule has 7 heteroatoms. The lowest BCUT2D eigenvalue weighted by Gasteiger charge is -2.08.